The van der Waals surface area contributed by atoms with E-state index in [9.17, 15) is 9.90 Å². The predicted octanol–water partition coefficient (Wildman–Crippen LogP) is 2.49. The number of nitrogens with one attached hydrogen (secondary N) is 2. The molecule has 2 amide bonds. The lowest BCUT2D eigenvalue weighted by atomic mass is 9.96. The number of aliphatic hydroxyl groups is 1. The normalized spacial score (nSPS) is 21.3. The first-order valence-electron chi connectivity index (χ1n) is 8.96. The van der Waals surface area contributed by atoms with Crippen molar-refractivity contribution in [1.82, 2.24) is 15.5 Å². The Balaban J connectivity index is 1.84. The molecule has 1 aromatic carbocycles. The summed E-state index contributed by atoms with van der Waals surface area (Å²) >= 11 is 0. The lowest BCUT2D eigenvalue weighted by Gasteiger charge is -2.24. The minimum atomic E-state index is -0.140. The highest BCUT2D eigenvalue weighted by atomic mass is 16.3. The van der Waals surface area contributed by atoms with Gasteiger partial charge in [-0.25, -0.2) is 4.79 Å². The van der Waals surface area contributed by atoms with Crippen LogP contribution in [-0.4, -0.2) is 42.8 Å². The van der Waals surface area contributed by atoms with E-state index in [4.69, 9.17) is 0 Å². The van der Waals surface area contributed by atoms with Gasteiger partial charge in [-0.3, -0.25) is 0 Å². The quantitative estimate of drug-likeness (QED) is 0.701. The van der Waals surface area contributed by atoms with Crippen molar-refractivity contribution in [3.8, 4) is 0 Å². The Morgan fingerprint density at radius 2 is 1.96 bits per heavy atom. The zero-order valence-electron chi connectivity index (χ0n) is 14.9. The molecule has 0 saturated heterocycles. The maximum atomic E-state index is 12.2. The average Bonchev–Trinajstić information content (AvgIpc) is 2.77. The summed E-state index contributed by atoms with van der Waals surface area (Å²) in [5, 5.41) is 15.5. The monoisotopic (exact) mass is 333 g/mol. The number of carbonyl (C=O) groups is 1. The third kappa shape index (κ3) is 6.13. The lowest BCUT2D eigenvalue weighted by molar-refractivity contribution is 0.179. The number of hydrogen-bond acceptors (Lipinski definition) is 3. The molecule has 0 spiro atoms. The van der Waals surface area contributed by atoms with E-state index < -0.39 is 0 Å². The fraction of sp³-hybridized carbons (Fsp3) is 0.632. The molecule has 1 aliphatic rings. The Bertz CT molecular complexity index is 519. The molecule has 1 saturated carbocycles. The highest BCUT2D eigenvalue weighted by molar-refractivity contribution is 5.74. The standard InChI is InChI=1S/C19H31N3O2/c1-22(2)13-16-8-6-7-15(11-16)12-20-19(24)21-18-10-5-3-4-9-17(18)14-23/h6-8,11,17-18,23H,3-5,9-10,12-14H2,1-2H3,(H2,20,21,24). The molecule has 2 atom stereocenters. The number of benzene rings is 1. The van der Waals surface area contributed by atoms with E-state index in [1.165, 1.54) is 12.0 Å². The fourth-order valence-electron chi connectivity index (χ4n) is 3.40. The molecule has 1 aliphatic carbocycles. The van der Waals surface area contributed by atoms with Crippen LogP contribution in [0.25, 0.3) is 0 Å². The second-order valence-corrected chi connectivity index (χ2v) is 7.07. The molecule has 0 bridgehead atoms. The van der Waals surface area contributed by atoms with Gasteiger partial charge in [0.15, 0.2) is 0 Å². The molecule has 24 heavy (non-hydrogen) atoms. The Morgan fingerprint density at radius 1 is 1.21 bits per heavy atom. The van der Waals surface area contributed by atoms with Gasteiger partial charge in [-0.15, -0.1) is 0 Å². The van der Waals surface area contributed by atoms with Crippen LogP contribution in [0.5, 0.6) is 0 Å². The van der Waals surface area contributed by atoms with Gasteiger partial charge in [-0.05, 0) is 38.1 Å². The number of rotatable bonds is 6. The van der Waals surface area contributed by atoms with Crippen LogP contribution in [0, 0.1) is 5.92 Å². The molecule has 134 valence electrons. The number of hydrogen-bond donors (Lipinski definition) is 3. The van der Waals surface area contributed by atoms with Gasteiger partial charge in [0.25, 0.3) is 0 Å². The molecule has 3 N–H and O–H groups in total. The Labute approximate surface area is 145 Å². The van der Waals surface area contributed by atoms with Crippen LogP contribution in [0.2, 0.25) is 0 Å². The van der Waals surface area contributed by atoms with E-state index in [2.05, 4.69) is 27.7 Å². The largest absolute Gasteiger partial charge is 0.396 e. The Kier molecular flexibility index (Phi) is 7.53. The Hall–Kier alpha value is -1.59. The first-order valence-corrected chi connectivity index (χ1v) is 8.96. The Morgan fingerprint density at radius 3 is 2.71 bits per heavy atom. The zero-order valence-corrected chi connectivity index (χ0v) is 14.9. The number of nitrogens with zero attached hydrogens (tertiary/aromatic N) is 1. The second kappa shape index (κ2) is 9.64. The summed E-state index contributed by atoms with van der Waals surface area (Å²) < 4.78 is 0. The topological polar surface area (TPSA) is 64.6 Å². The summed E-state index contributed by atoms with van der Waals surface area (Å²) in [5.74, 6) is 0.182. The smallest absolute Gasteiger partial charge is 0.315 e. The molecule has 2 unspecified atom stereocenters. The van der Waals surface area contributed by atoms with Crippen LogP contribution >= 0.6 is 0 Å². The van der Waals surface area contributed by atoms with Gasteiger partial charge in [0.1, 0.15) is 0 Å². The molecule has 0 aliphatic heterocycles. The van der Waals surface area contributed by atoms with Crippen molar-refractivity contribution in [2.24, 2.45) is 5.92 Å². The molecule has 0 radical (unpaired) electrons. The van der Waals surface area contributed by atoms with Gasteiger partial charge in [0.2, 0.25) is 0 Å². The first kappa shape index (κ1) is 18.7. The molecule has 5 nitrogen and oxygen atoms in total. The first-order chi connectivity index (χ1) is 11.6. The van der Waals surface area contributed by atoms with E-state index in [0.717, 1.165) is 37.8 Å². The molecular weight excluding hydrogens is 302 g/mol. The van der Waals surface area contributed by atoms with Gasteiger partial charge in [-0.1, -0.05) is 43.5 Å². The van der Waals surface area contributed by atoms with Crippen LogP contribution in [0.1, 0.15) is 43.2 Å². The molecule has 1 aromatic rings. The molecule has 5 heteroatoms. The van der Waals surface area contributed by atoms with Crippen LogP contribution in [0.15, 0.2) is 24.3 Å². The third-order valence-corrected chi connectivity index (χ3v) is 4.65. The maximum Gasteiger partial charge on any atom is 0.315 e. The number of aliphatic hydroxyl groups excluding tert-OH is 1. The predicted molar refractivity (Wildman–Crippen MR) is 96.7 cm³/mol. The summed E-state index contributed by atoms with van der Waals surface area (Å²) in [6.07, 6.45) is 5.40. The van der Waals surface area contributed by atoms with Crippen molar-refractivity contribution in [2.45, 2.75) is 51.2 Å². The van der Waals surface area contributed by atoms with Crippen molar-refractivity contribution < 1.29 is 9.90 Å². The molecule has 2 rings (SSSR count). The number of urea groups is 1. The van der Waals surface area contributed by atoms with Gasteiger partial charge in [-0.2, -0.15) is 0 Å². The minimum Gasteiger partial charge on any atom is -0.396 e. The van der Waals surface area contributed by atoms with Crippen LogP contribution in [0.4, 0.5) is 4.79 Å². The minimum absolute atomic E-state index is 0.0811. The van der Waals surface area contributed by atoms with Crippen molar-refractivity contribution in [2.75, 3.05) is 20.7 Å². The van der Waals surface area contributed by atoms with E-state index in [-0.39, 0.29) is 24.6 Å². The summed E-state index contributed by atoms with van der Waals surface area (Å²) in [4.78, 5) is 14.3. The van der Waals surface area contributed by atoms with Crippen molar-refractivity contribution in [3.05, 3.63) is 35.4 Å². The van der Waals surface area contributed by atoms with Crippen molar-refractivity contribution in [1.29, 1.82) is 0 Å². The highest BCUT2D eigenvalue weighted by Crippen LogP contribution is 2.23. The highest BCUT2D eigenvalue weighted by Gasteiger charge is 2.24. The van der Waals surface area contributed by atoms with Gasteiger partial charge < -0.3 is 20.6 Å². The van der Waals surface area contributed by atoms with Crippen LogP contribution in [0.3, 0.4) is 0 Å². The molecule has 0 heterocycles. The van der Waals surface area contributed by atoms with Crippen molar-refractivity contribution in [3.63, 3.8) is 0 Å². The van der Waals surface area contributed by atoms with E-state index in [1.807, 2.05) is 26.2 Å². The lowest BCUT2D eigenvalue weighted by Crippen LogP contribution is -2.45. The SMILES string of the molecule is CN(C)Cc1cccc(CNC(=O)NC2CCCCCC2CO)c1. The average molecular weight is 333 g/mol. The number of carbonyl (C=O) groups excluding carboxylic acids is 1. The maximum absolute atomic E-state index is 12.2. The summed E-state index contributed by atoms with van der Waals surface area (Å²) in [6.45, 7) is 1.56. The summed E-state index contributed by atoms with van der Waals surface area (Å²) in [6, 6.07) is 8.22. The van der Waals surface area contributed by atoms with Gasteiger partial charge in [0, 0.05) is 31.7 Å². The van der Waals surface area contributed by atoms with Gasteiger partial charge >= 0.3 is 6.03 Å². The van der Waals surface area contributed by atoms with Crippen molar-refractivity contribution >= 4 is 6.03 Å². The van der Waals surface area contributed by atoms with Crippen LogP contribution in [-0.2, 0) is 13.1 Å². The van der Waals surface area contributed by atoms with E-state index in [0.29, 0.717) is 6.54 Å². The zero-order chi connectivity index (χ0) is 17.4. The molecule has 0 aromatic heterocycles. The van der Waals surface area contributed by atoms with E-state index >= 15 is 0 Å². The summed E-state index contributed by atoms with van der Waals surface area (Å²) in [5.41, 5.74) is 2.34. The summed E-state index contributed by atoms with van der Waals surface area (Å²) in [7, 11) is 4.09. The molecule has 1 fully saturated rings. The van der Waals surface area contributed by atoms with Crippen LogP contribution < -0.4 is 10.6 Å². The fourth-order valence-corrected chi connectivity index (χ4v) is 3.40. The number of amides is 2. The van der Waals surface area contributed by atoms with Gasteiger partial charge in [0.05, 0.1) is 0 Å². The third-order valence-electron chi connectivity index (χ3n) is 4.65. The second-order valence-electron chi connectivity index (χ2n) is 7.07. The van der Waals surface area contributed by atoms with E-state index in [1.54, 1.807) is 0 Å². The molecular formula is C19H31N3O2.